The average molecular weight is 446 g/mol. The van der Waals surface area contributed by atoms with Gasteiger partial charge >= 0.3 is 6.03 Å². The van der Waals surface area contributed by atoms with E-state index in [4.69, 9.17) is 11.6 Å². The molecule has 0 unspecified atom stereocenters. The second kappa shape index (κ2) is 8.37. The van der Waals surface area contributed by atoms with Crippen LogP contribution in [0.15, 0.2) is 60.9 Å². The van der Waals surface area contributed by atoms with Crippen molar-refractivity contribution < 1.29 is 13.2 Å². The van der Waals surface area contributed by atoms with Gasteiger partial charge in [0, 0.05) is 31.2 Å². The summed E-state index contributed by atoms with van der Waals surface area (Å²) >= 11 is 6.27. The van der Waals surface area contributed by atoms with Crippen LogP contribution in [0.3, 0.4) is 0 Å². The molecule has 2 amide bonds. The van der Waals surface area contributed by atoms with E-state index >= 15 is 0 Å². The second-order valence-corrected chi connectivity index (χ2v) is 9.18. The average Bonchev–Trinajstić information content (AvgIpc) is 3.38. The second-order valence-electron chi connectivity index (χ2n) is 6.76. The van der Waals surface area contributed by atoms with E-state index < -0.39 is 16.1 Å². The van der Waals surface area contributed by atoms with Crippen molar-refractivity contribution in [3.8, 4) is 5.69 Å². The first-order chi connectivity index (χ1) is 14.4. The van der Waals surface area contributed by atoms with E-state index in [0.717, 1.165) is 5.56 Å². The van der Waals surface area contributed by atoms with Crippen LogP contribution in [-0.4, -0.2) is 43.1 Å². The maximum absolute atomic E-state index is 12.7. The van der Waals surface area contributed by atoms with Crippen molar-refractivity contribution in [2.75, 3.05) is 28.5 Å². The summed E-state index contributed by atoms with van der Waals surface area (Å²) in [5, 5.41) is 9.78. The van der Waals surface area contributed by atoms with Crippen LogP contribution in [0.5, 0.6) is 0 Å². The summed E-state index contributed by atoms with van der Waals surface area (Å²) < 4.78 is 28.3. The highest BCUT2D eigenvalue weighted by Gasteiger charge is 2.28. The predicted octanol–water partition coefficient (Wildman–Crippen LogP) is 3.04. The fourth-order valence-corrected chi connectivity index (χ4v) is 5.05. The first-order valence-corrected chi connectivity index (χ1v) is 11.4. The zero-order valence-electron chi connectivity index (χ0n) is 16.0. The monoisotopic (exact) mass is 445 g/mol. The molecule has 4 rings (SSSR count). The van der Waals surface area contributed by atoms with E-state index in [0.29, 0.717) is 35.1 Å². The maximum atomic E-state index is 12.7. The molecule has 0 radical (unpaired) electrons. The third-order valence-electron chi connectivity index (χ3n) is 4.78. The molecule has 0 aliphatic carbocycles. The molecular formula is C20H20ClN5O3S. The first-order valence-electron chi connectivity index (χ1n) is 9.37. The molecule has 3 aromatic rings. The van der Waals surface area contributed by atoms with Crippen LogP contribution in [0.4, 0.5) is 16.2 Å². The van der Waals surface area contributed by atoms with Gasteiger partial charge in [0.2, 0.25) is 10.0 Å². The number of rotatable bonds is 6. The molecule has 1 aliphatic rings. The third kappa shape index (κ3) is 4.27. The van der Waals surface area contributed by atoms with Crippen LogP contribution in [0, 0.1) is 0 Å². The fourth-order valence-electron chi connectivity index (χ4n) is 3.36. The normalized spacial score (nSPS) is 13.2. The number of urea groups is 1. The van der Waals surface area contributed by atoms with Crippen molar-refractivity contribution in [3.05, 3.63) is 71.5 Å². The molecule has 0 fully saturated rings. The van der Waals surface area contributed by atoms with Crippen molar-refractivity contribution in [2.24, 2.45) is 0 Å². The molecule has 0 saturated carbocycles. The van der Waals surface area contributed by atoms with E-state index in [-0.39, 0.29) is 12.3 Å². The summed E-state index contributed by atoms with van der Waals surface area (Å²) in [6.45, 7) is 0.418. The molecule has 0 saturated heterocycles. The number of para-hydroxylation sites is 1. The molecule has 2 aromatic carbocycles. The van der Waals surface area contributed by atoms with E-state index in [1.165, 1.54) is 4.31 Å². The molecule has 8 nitrogen and oxygen atoms in total. The molecule has 1 aliphatic heterocycles. The number of halogens is 1. The van der Waals surface area contributed by atoms with Gasteiger partial charge in [0.25, 0.3) is 0 Å². The van der Waals surface area contributed by atoms with E-state index in [9.17, 15) is 13.2 Å². The standard InChI is InChI=1S/C20H20ClN5O3S/c21-17-14-16(6-7-19(17)25-11-3-9-23-25)24-20(27)22-10-13-30(28,29)26-12-8-15-4-1-2-5-18(15)26/h1-7,9,11,14H,8,10,12-13H2,(H2,22,24,27). The minimum atomic E-state index is -3.52. The van der Waals surface area contributed by atoms with Gasteiger partial charge in [-0.15, -0.1) is 0 Å². The van der Waals surface area contributed by atoms with Crippen molar-refractivity contribution in [3.63, 3.8) is 0 Å². The fraction of sp³-hybridized carbons (Fsp3) is 0.200. The molecule has 10 heteroatoms. The summed E-state index contributed by atoms with van der Waals surface area (Å²) in [6.07, 6.45) is 4.10. The Balaban J connectivity index is 1.32. The minimum absolute atomic E-state index is 0.00800. The summed E-state index contributed by atoms with van der Waals surface area (Å²) in [5.74, 6) is -0.187. The molecule has 0 atom stereocenters. The number of nitrogens with one attached hydrogen (secondary N) is 2. The molecule has 156 valence electrons. The van der Waals surface area contributed by atoms with Gasteiger partial charge in [-0.2, -0.15) is 5.10 Å². The Labute approximate surface area is 179 Å². The lowest BCUT2D eigenvalue weighted by atomic mass is 10.2. The van der Waals surface area contributed by atoms with Gasteiger partial charge < -0.3 is 10.6 Å². The lowest BCUT2D eigenvalue weighted by Crippen LogP contribution is -2.38. The highest BCUT2D eigenvalue weighted by atomic mass is 35.5. The van der Waals surface area contributed by atoms with Crippen molar-refractivity contribution >= 4 is 39.0 Å². The zero-order chi connectivity index (χ0) is 21.1. The molecule has 2 N–H and O–H groups in total. The van der Waals surface area contributed by atoms with Crippen LogP contribution >= 0.6 is 11.6 Å². The first kappa shape index (κ1) is 20.2. The van der Waals surface area contributed by atoms with Gasteiger partial charge in [-0.25, -0.2) is 17.9 Å². The van der Waals surface area contributed by atoms with Gasteiger partial charge in [-0.3, -0.25) is 4.31 Å². The molecule has 0 spiro atoms. The summed E-state index contributed by atoms with van der Waals surface area (Å²) in [6, 6.07) is 13.8. The van der Waals surface area contributed by atoms with Crippen molar-refractivity contribution in [2.45, 2.75) is 6.42 Å². The predicted molar refractivity (Wildman–Crippen MR) is 117 cm³/mol. The number of benzene rings is 2. The van der Waals surface area contributed by atoms with Crippen LogP contribution in [0.25, 0.3) is 5.69 Å². The molecular weight excluding hydrogens is 426 g/mol. The SMILES string of the molecule is O=C(NCCS(=O)(=O)N1CCc2ccccc21)Nc1ccc(-n2cccn2)c(Cl)c1. The maximum Gasteiger partial charge on any atom is 0.319 e. The highest BCUT2D eigenvalue weighted by molar-refractivity contribution is 7.92. The summed E-state index contributed by atoms with van der Waals surface area (Å²) in [7, 11) is -3.52. The Hall–Kier alpha value is -3.04. The highest BCUT2D eigenvalue weighted by Crippen LogP contribution is 2.30. The number of sulfonamides is 1. The third-order valence-corrected chi connectivity index (χ3v) is 6.86. The minimum Gasteiger partial charge on any atom is -0.337 e. The van der Waals surface area contributed by atoms with Crippen molar-refractivity contribution in [1.82, 2.24) is 15.1 Å². The molecule has 1 aromatic heterocycles. The van der Waals surface area contributed by atoms with Crippen LogP contribution in [0.2, 0.25) is 5.02 Å². The quantitative estimate of drug-likeness (QED) is 0.609. The Morgan fingerprint density at radius 1 is 1.13 bits per heavy atom. The number of carbonyl (C=O) groups is 1. The number of aromatic nitrogens is 2. The van der Waals surface area contributed by atoms with E-state index in [1.54, 1.807) is 47.4 Å². The number of fused-ring (bicyclic) bond motifs is 1. The van der Waals surface area contributed by atoms with Gasteiger partial charge in [-0.1, -0.05) is 29.8 Å². The number of nitrogens with zero attached hydrogens (tertiary/aromatic N) is 3. The Morgan fingerprint density at radius 3 is 2.73 bits per heavy atom. The van der Waals surface area contributed by atoms with E-state index in [1.807, 2.05) is 18.2 Å². The lowest BCUT2D eigenvalue weighted by molar-refractivity contribution is 0.252. The van der Waals surface area contributed by atoms with Gasteiger partial charge in [0.05, 0.1) is 22.2 Å². The van der Waals surface area contributed by atoms with Crippen LogP contribution in [-0.2, 0) is 16.4 Å². The Morgan fingerprint density at radius 2 is 1.97 bits per heavy atom. The number of carbonyl (C=O) groups excluding carboxylic acids is 1. The number of amides is 2. The molecule has 0 bridgehead atoms. The van der Waals surface area contributed by atoms with E-state index in [2.05, 4.69) is 15.7 Å². The summed E-state index contributed by atoms with van der Waals surface area (Å²) in [4.78, 5) is 12.2. The molecule has 30 heavy (non-hydrogen) atoms. The largest absolute Gasteiger partial charge is 0.337 e. The zero-order valence-corrected chi connectivity index (χ0v) is 17.5. The topological polar surface area (TPSA) is 96.3 Å². The van der Waals surface area contributed by atoms with Crippen LogP contribution < -0.4 is 14.9 Å². The summed E-state index contributed by atoms with van der Waals surface area (Å²) in [5.41, 5.74) is 2.91. The Bertz CT molecular complexity index is 1160. The smallest absolute Gasteiger partial charge is 0.319 e. The Kier molecular flexibility index (Phi) is 5.65. The lowest BCUT2D eigenvalue weighted by Gasteiger charge is -2.19. The van der Waals surface area contributed by atoms with Crippen molar-refractivity contribution in [1.29, 1.82) is 0 Å². The van der Waals surface area contributed by atoms with Gasteiger partial charge in [0.1, 0.15) is 0 Å². The molecule has 2 heterocycles. The number of hydrogen-bond donors (Lipinski definition) is 2. The van der Waals surface area contributed by atoms with Gasteiger partial charge in [-0.05, 0) is 42.3 Å². The van der Waals surface area contributed by atoms with Gasteiger partial charge in [0.15, 0.2) is 0 Å². The van der Waals surface area contributed by atoms with Crippen LogP contribution in [0.1, 0.15) is 5.56 Å². The number of anilines is 2. The number of hydrogen-bond acceptors (Lipinski definition) is 4.